The summed E-state index contributed by atoms with van der Waals surface area (Å²) in [6.07, 6.45) is -25.0. The molecule has 0 aromatic rings. The first-order chi connectivity index (χ1) is 16.0. The van der Waals surface area contributed by atoms with Crippen LogP contribution in [0.5, 0.6) is 0 Å². The predicted molar refractivity (Wildman–Crippen MR) is 101 cm³/mol. The molecule has 3 rings (SSSR count). The van der Waals surface area contributed by atoms with Crippen molar-refractivity contribution in [1.29, 1.82) is 0 Å². The maximum Gasteiger partial charge on any atom is 0.187 e. The van der Waals surface area contributed by atoms with E-state index in [-0.39, 0.29) is 0 Å². The Morgan fingerprint density at radius 2 is 1.00 bits per heavy atom. The number of aliphatic hydroxyl groups excluding tert-OH is 11. The Balaban J connectivity index is 1.66. The molecule has 0 aromatic carbocycles. The van der Waals surface area contributed by atoms with Crippen LogP contribution in [0.1, 0.15) is 0 Å². The Morgan fingerprint density at radius 1 is 0.500 bits per heavy atom. The molecule has 0 saturated carbocycles. The zero-order valence-corrected chi connectivity index (χ0v) is 17.7. The molecule has 0 aliphatic carbocycles. The van der Waals surface area contributed by atoms with Gasteiger partial charge in [-0.15, -0.1) is 0 Å². The molecule has 0 spiro atoms. The number of ether oxygens (including phenoxy) is 5. The minimum atomic E-state index is -1.88. The van der Waals surface area contributed by atoms with E-state index < -0.39 is 112 Å². The number of aliphatic hydroxyl groups is 11. The minimum absolute atomic E-state index is 0.617. The van der Waals surface area contributed by atoms with Gasteiger partial charge in [0.25, 0.3) is 0 Å². The smallest absolute Gasteiger partial charge is 0.187 e. The van der Waals surface area contributed by atoms with Gasteiger partial charge in [0, 0.05) is 0 Å². The van der Waals surface area contributed by atoms with Crippen molar-refractivity contribution in [2.45, 2.75) is 92.1 Å². The Morgan fingerprint density at radius 3 is 1.59 bits per heavy atom. The molecule has 11 N–H and O–H groups in total. The van der Waals surface area contributed by atoms with Gasteiger partial charge in [-0.25, -0.2) is 0 Å². The third-order valence-electron chi connectivity index (χ3n) is 6.07. The molecule has 0 amide bonds. The van der Waals surface area contributed by atoms with Crippen molar-refractivity contribution in [3.05, 3.63) is 0 Å². The Bertz CT molecular complexity index is 639. The molecule has 0 radical (unpaired) electrons. The molecule has 0 bridgehead atoms. The van der Waals surface area contributed by atoms with Gasteiger partial charge >= 0.3 is 0 Å². The summed E-state index contributed by atoms with van der Waals surface area (Å²) in [5, 5.41) is 109. The van der Waals surface area contributed by atoms with Gasteiger partial charge < -0.3 is 79.9 Å². The molecule has 3 saturated heterocycles. The SMILES string of the molecule is OC[C@H]1O[C@@H](O)[C@H](O)[C@@H](O[C@@H]2O[C@H](CO[C@@H]3O[C@H](CO)[C@@H](O)[C@H](O)[C@H]3O)[C@@H](O)[C@H](O)[C@@H]2O)[C@H]1O. The zero-order chi connectivity index (χ0) is 25.3. The largest absolute Gasteiger partial charge is 0.394 e. The van der Waals surface area contributed by atoms with Crippen molar-refractivity contribution in [2.75, 3.05) is 19.8 Å². The summed E-state index contributed by atoms with van der Waals surface area (Å²) in [5.74, 6) is 0. The maximum atomic E-state index is 10.3. The van der Waals surface area contributed by atoms with Crippen LogP contribution in [-0.4, -0.2) is 168 Å². The van der Waals surface area contributed by atoms with Crippen molar-refractivity contribution in [3.63, 3.8) is 0 Å². The molecule has 34 heavy (non-hydrogen) atoms. The molecule has 16 heteroatoms. The number of hydrogen-bond acceptors (Lipinski definition) is 16. The van der Waals surface area contributed by atoms with Gasteiger partial charge in [0.1, 0.15) is 73.2 Å². The standard InChI is InChI=1S/C18H32O16/c19-1-4-7(21)10(24)12(26)17(32-4)30-3-6-8(22)11(25)13(27)18(33-6)34-15-9(23)5(2-20)31-16(29)14(15)28/h4-29H,1-3H2/t4-,5-,6-,7-,8-,9+,10+,11+,12-,13+,14-,15+,16-,17-,18+/m1/s1. The van der Waals surface area contributed by atoms with Gasteiger partial charge in [0.2, 0.25) is 0 Å². The van der Waals surface area contributed by atoms with E-state index >= 15 is 0 Å². The average Bonchev–Trinajstić information content (AvgIpc) is 2.82. The normalized spacial score (nSPS) is 52.5. The van der Waals surface area contributed by atoms with Gasteiger partial charge in [0.05, 0.1) is 19.8 Å². The molecule has 16 nitrogen and oxygen atoms in total. The van der Waals surface area contributed by atoms with Gasteiger partial charge in [-0.2, -0.15) is 0 Å². The van der Waals surface area contributed by atoms with Crippen molar-refractivity contribution < 1.29 is 79.9 Å². The Labute approximate surface area is 192 Å². The maximum absolute atomic E-state index is 10.3. The highest BCUT2D eigenvalue weighted by molar-refractivity contribution is 4.94. The summed E-state index contributed by atoms with van der Waals surface area (Å²) >= 11 is 0. The number of hydrogen-bond donors (Lipinski definition) is 11. The molecule has 0 aromatic heterocycles. The van der Waals surface area contributed by atoms with Gasteiger partial charge in [-0.3, -0.25) is 0 Å². The fourth-order valence-corrected chi connectivity index (χ4v) is 3.94. The van der Waals surface area contributed by atoms with Crippen LogP contribution in [0.15, 0.2) is 0 Å². The molecule has 3 fully saturated rings. The van der Waals surface area contributed by atoms with Crippen LogP contribution < -0.4 is 0 Å². The first kappa shape index (κ1) is 27.9. The molecule has 0 unspecified atom stereocenters. The molecule has 15 atom stereocenters. The lowest BCUT2D eigenvalue weighted by Crippen LogP contribution is -2.65. The van der Waals surface area contributed by atoms with Crippen LogP contribution in [0.2, 0.25) is 0 Å². The van der Waals surface area contributed by atoms with Crippen molar-refractivity contribution in [2.24, 2.45) is 0 Å². The first-order valence-corrected chi connectivity index (χ1v) is 10.6. The Hall–Kier alpha value is -0.640. The van der Waals surface area contributed by atoms with E-state index in [9.17, 15) is 56.2 Å². The van der Waals surface area contributed by atoms with Crippen LogP contribution >= 0.6 is 0 Å². The van der Waals surface area contributed by atoms with E-state index in [0.717, 1.165) is 0 Å². The van der Waals surface area contributed by atoms with Crippen LogP contribution in [0.4, 0.5) is 0 Å². The lowest BCUT2D eigenvalue weighted by molar-refractivity contribution is -0.362. The summed E-state index contributed by atoms with van der Waals surface area (Å²) in [6.45, 7) is -2.06. The van der Waals surface area contributed by atoms with Crippen molar-refractivity contribution in [3.8, 4) is 0 Å². The second-order valence-corrected chi connectivity index (χ2v) is 8.37. The van der Waals surface area contributed by atoms with Crippen LogP contribution in [0, 0.1) is 0 Å². The highest BCUT2D eigenvalue weighted by atomic mass is 16.7. The summed E-state index contributed by atoms with van der Waals surface area (Å²) in [4.78, 5) is 0. The summed E-state index contributed by atoms with van der Waals surface area (Å²) in [5.41, 5.74) is 0. The van der Waals surface area contributed by atoms with Gasteiger partial charge in [-0.05, 0) is 0 Å². The van der Waals surface area contributed by atoms with Crippen molar-refractivity contribution >= 4 is 0 Å². The summed E-state index contributed by atoms with van der Waals surface area (Å²) < 4.78 is 26.1. The lowest BCUT2D eigenvalue weighted by atomic mass is 9.97. The third-order valence-corrected chi connectivity index (χ3v) is 6.07. The third kappa shape index (κ3) is 5.52. The molecular formula is C18H32O16. The highest BCUT2D eigenvalue weighted by Crippen LogP contribution is 2.29. The summed E-state index contributed by atoms with van der Waals surface area (Å²) in [7, 11) is 0. The number of rotatable bonds is 7. The quantitative estimate of drug-likeness (QED) is 0.154. The minimum Gasteiger partial charge on any atom is -0.394 e. The highest BCUT2D eigenvalue weighted by Gasteiger charge is 2.51. The topological polar surface area (TPSA) is 269 Å². The predicted octanol–water partition coefficient (Wildman–Crippen LogP) is -7.57. The zero-order valence-electron chi connectivity index (χ0n) is 17.7. The average molecular weight is 504 g/mol. The van der Waals surface area contributed by atoms with E-state index in [0.29, 0.717) is 0 Å². The van der Waals surface area contributed by atoms with E-state index in [2.05, 4.69) is 0 Å². The lowest BCUT2D eigenvalue weighted by Gasteiger charge is -2.45. The molecule has 3 heterocycles. The van der Waals surface area contributed by atoms with Crippen LogP contribution in [0.3, 0.4) is 0 Å². The second kappa shape index (κ2) is 11.6. The van der Waals surface area contributed by atoms with E-state index in [4.69, 9.17) is 23.7 Å². The van der Waals surface area contributed by atoms with E-state index in [1.807, 2.05) is 0 Å². The van der Waals surface area contributed by atoms with Crippen molar-refractivity contribution in [1.82, 2.24) is 0 Å². The fourth-order valence-electron chi connectivity index (χ4n) is 3.94. The molecule has 3 aliphatic rings. The molecular weight excluding hydrogens is 472 g/mol. The fraction of sp³-hybridized carbons (Fsp3) is 1.00. The Kier molecular flexibility index (Phi) is 9.54. The first-order valence-electron chi connectivity index (χ1n) is 10.6. The van der Waals surface area contributed by atoms with E-state index in [1.54, 1.807) is 0 Å². The molecule has 200 valence electrons. The van der Waals surface area contributed by atoms with Gasteiger partial charge in [-0.1, -0.05) is 0 Å². The van der Waals surface area contributed by atoms with Crippen LogP contribution in [0.25, 0.3) is 0 Å². The van der Waals surface area contributed by atoms with Gasteiger partial charge in [0.15, 0.2) is 18.9 Å². The summed E-state index contributed by atoms with van der Waals surface area (Å²) in [6, 6.07) is 0. The monoisotopic (exact) mass is 504 g/mol. The molecule has 3 aliphatic heterocycles. The second-order valence-electron chi connectivity index (χ2n) is 8.37. The van der Waals surface area contributed by atoms with Crippen LogP contribution in [-0.2, 0) is 23.7 Å². The van der Waals surface area contributed by atoms with E-state index in [1.165, 1.54) is 0 Å².